The predicted octanol–water partition coefficient (Wildman–Crippen LogP) is 2.48. The van der Waals surface area contributed by atoms with Crippen molar-refractivity contribution < 1.29 is 14.3 Å². The molecule has 1 N–H and O–H groups in total. The molecule has 6 nitrogen and oxygen atoms in total. The van der Waals surface area contributed by atoms with Gasteiger partial charge in [-0.15, -0.1) is 3.77 Å². The fourth-order valence-corrected chi connectivity index (χ4v) is 3.74. The summed E-state index contributed by atoms with van der Waals surface area (Å²) in [6.45, 7) is 5.10. The number of β-lactam (4-membered cyclic amide) rings is 1. The van der Waals surface area contributed by atoms with Gasteiger partial charge in [0.25, 0.3) is 0 Å². The number of para-hydroxylation sites is 1. The Morgan fingerprint density at radius 2 is 2.17 bits per heavy atom. The molecule has 2 atom stereocenters. The highest BCUT2D eigenvalue weighted by Crippen LogP contribution is 2.45. The molecule has 1 aromatic carbocycles. The number of rotatable bonds is 7. The highest BCUT2D eigenvalue weighted by atomic mass is 32.2. The Balaban J connectivity index is 2.23. The van der Waals surface area contributed by atoms with Gasteiger partial charge in [-0.3, -0.25) is 9.59 Å². The second kappa shape index (κ2) is 7.10. The molecule has 0 spiro atoms. The molecule has 0 aliphatic carbocycles. The second-order valence-corrected chi connectivity index (χ2v) is 6.74. The number of ether oxygens (including phenoxy) is 1. The lowest BCUT2D eigenvalue weighted by Gasteiger charge is -2.52. The third-order valence-corrected chi connectivity index (χ3v) is 4.65. The first-order valence-electron chi connectivity index (χ1n) is 6.86. The smallest absolute Gasteiger partial charge is 0.313 e. The Hall–Kier alpha value is -1.93. The molecule has 122 valence electrons. The van der Waals surface area contributed by atoms with E-state index in [1.807, 2.05) is 30.3 Å². The highest BCUT2D eigenvalue weighted by Gasteiger charge is 2.62. The number of esters is 1. The topological polar surface area (TPSA) is 71.0 Å². The molecule has 0 bridgehead atoms. The van der Waals surface area contributed by atoms with Crippen molar-refractivity contribution in [3.05, 3.63) is 42.7 Å². The SMILES string of the molecule is C=C(C)OC(=O)CC1(SN=S)C(=O)N(C)C1Nc1ccccc1. The number of amides is 1. The molecular weight excluding hydrogens is 334 g/mol. The summed E-state index contributed by atoms with van der Waals surface area (Å²) in [7, 11) is 1.66. The molecule has 1 aromatic rings. The van der Waals surface area contributed by atoms with Crippen molar-refractivity contribution in [3.8, 4) is 0 Å². The molecule has 0 aromatic heterocycles. The van der Waals surface area contributed by atoms with Crippen LogP contribution in [0.25, 0.3) is 0 Å². The summed E-state index contributed by atoms with van der Waals surface area (Å²) in [5, 5.41) is 3.24. The van der Waals surface area contributed by atoms with Crippen molar-refractivity contribution >= 4 is 41.9 Å². The van der Waals surface area contributed by atoms with E-state index >= 15 is 0 Å². The van der Waals surface area contributed by atoms with Crippen LogP contribution in [-0.4, -0.2) is 34.7 Å². The van der Waals surface area contributed by atoms with Crippen LogP contribution >= 0.6 is 11.9 Å². The molecule has 1 aliphatic rings. The van der Waals surface area contributed by atoms with E-state index in [-0.39, 0.29) is 18.1 Å². The lowest BCUT2D eigenvalue weighted by atomic mass is 9.89. The standard InChI is InChI=1S/C15H17N3O3S2/c1-10(2)21-12(19)9-15(23-17-22)13(18(3)14(15)20)16-11-7-5-4-6-8-11/h4-8,13,16H,1,9H2,2-3H3. The van der Waals surface area contributed by atoms with Crippen molar-refractivity contribution in [1.82, 2.24) is 4.90 Å². The maximum atomic E-state index is 12.4. The zero-order chi connectivity index (χ0) is 17.0. The molecule has 0 saturated carbocycles. The van der Waals surface area contributed by atoms with Crippen LogP contribution in [0.1, 0.15) is 13.3 Å². The molecule has 1 aliphatic heterocycles. The summed E-state index contributed by atoms with van der Waals surface area (Å²) in [4.78, 5) is 26.0. The van der Waals surface area contributed by atoms with Gasteiger partial charge in [-0.25, -0.2) is 0 Å². The maximum absolute atomic E-state index is 12.4. The number of carbonyl (C=O) groups is 2. The van der Waals surface area contributed by atoms with E-state index in [9.17, 15) is 9.59 Å². The van der Waals surface area contributed by atoms with Gasteiger partial charge in [0.05, 0.1) is 12.2 Å². The van der Waals surface area contributed by atoms with Crippen molar-refractivity contribution in [2.24, 2.45) is 3.77 Å². The third-order valence-electron chi connectivity index (χ3n) is 3.48. The monoisotopic (exact) mass is 351 g/mol. The Labute approximate surface area is 144 Å². The summed E-state index contributed by atoms with van der Waals surface area (Å²) < 4.78 is 7.50. The van der Waals surface area contributed by atoms with E-state index in [1.165, 1.54) is 4.90 Å². The Kier molecular flexibility index (Phi) is 5.38. The van der Waals surface area contributed by atoms with Crippen LogP contribution in [0.3, 0.4) is 0 Å². The fraction of sp³-hybridized carbons (Fsp3) is 0.333. The van der Waals surface area contributed by atoms with E-state index < -0.39 is 16.9 Å². The van der Waals surface area contributed by atoms with Crippen molar-refractivity contribution in [1.29, 1.82) is 0 Å². The van der Waals surface area contributed by atoms with Crippen LogP contribution < -0.4 is 5.32 Å². The summed E-state index contributed by atoms with van der Waals surface area (Å²) in [5.41, 5.74) is 0.833. The molecule has 2 unspecified atom stereocenters. The first-order valence-corrected chi connectivity index (χ1v) is 8.00. The number of hydrogen-bond acceptors (Lipinski definition) is 7. The van der Waals surface area contributed by atoms with Crippen LogP contribution in [0, 0.1) is 0 Å². The molecule has 2 rings (SSSR count). The predicted molar refractivity (Wildman–Crippen MR) is 92.3 cm³/mol. The van der Waals surface area contributed by atoms with E-state index in [0.29, 0.717) is 0 Å². The van der Waals surface area contributed by atoms with E-state index in [2.05, 4.69) is 28.1 Å². The van der Waals surface area contributed by atoms with Gasteiger partial charge in [0.2, 0.25) is 5.91 Å². The van der Waals surface area contributed by atoms with Gasteiger partial charge in [0.1, 0.15) is 6.17 Å². The molecule has 1 fully saturated rings. The second-order valence-electron chi connectivity index (χ2n) is 5.24. The largest absolute Gasteiger partial charge is 0.432 e. The quantitative estimate of drug-likeness (QED) is 0.352. The summed E-state index contributed by atoms with van der Waals surface area (Å²) in [5.74, 6) is -0.480. The number of nitrogens with one attached hydrogen (secondary N) is 1. The van der Waals surface area contributed by atoms with Crippen LogP contribution in [-0.2, 0) is 26.8 Å². The number of anilines is 1. The normalized spacial score (nSPS) is 23.0. The maximum Gasteiger partial charge on any atom is 0.313 e. The zero-order valence-electron chi connectivity index (χ0n) is 12.8. The van der Waals surface area contributed by atoms with Crippen molar-refractivity contribution in [2.45, 2.75) is 24.3 Å². The molecule has 1 heterocycles. The summed E-state index contributed by atoms with van der Waals surface area (Å²) >= 11 is 5.59. The third kappa shape index (κ3) is 3.53. The minimum atomic E-state index is -1.11. The lowest BCUT2D eigenvalue weighted by Crippen LogP contribution is -2.73. The summed E-state index contributed by atoms with van der Waals surface area (Å²) in [6.07, 6.45) is -0.565. The fourth-order valence-electron chi connectivity index (χ4n) is 2.49. The molecule has 1 amide bonds. The van der Waals surface area contributed by atoms with Crippen LogP contribution in [0.5, 0.6) is 0 Å². The average Bonchev–Trinajstić information content (AvgIpc) is 2.51. The zero-order valence-corrected chi connectivity index (χ0v) is 14.4. The number of benzene rings is 1. The molecular formula is C15H17N3O3S2. The molecule has 8 heteroatoms. The Morgan fingerprint density at radius 3 is 2.74 bits per heavy atom. The van der Waals surface area contributed by atoms with Crippen molar-refractivity contribution in [2.75, 3.05) is 12.4 Å². The van der Waals surface area contributed by atoms with Crippen LogP contribution in [0.2, 0.25) is 0 Å². The van der Waals surface area contributed by atoms with Gasteiger partial charge in [0, 0.05) is 37.1 Å². The number of likely N-dealkylation sites (tertiary alicyclic amines) is 1. The number of nitrogens with zero attached hydrogens (tertiary/aromatic N) is 2. The van der Waals surface area contributed by atoms with Crippen LogP contribution in [0.4, 0.5) is 5.69 Å². The van der Waals surface area contributed by atoms with Crippen LogP contribution in [0.15, 0.2) is 46.4 Å². The van der Waals surface area contributed by atoms with Gasteiger partial charge in [-0.1, -0.05) is 24.8 Å². The number of hydrogen-bond donors (Lipinski definition) is 1. The van der Waals surface area contributed by atoms with Gasteiger partial charge in [0.15, 0.2) is 4.75 Å². The highest BCUT2D eigenvalue weighted by molar-refractivity contribution is 8.02. The van der Waals surface area contributed by atoms with Gasteiger partial charge in [-0.05, 0) is 19.1 Å². The average molecular weight is 351 g/mol. The Morgan fingerprint density at radius 1 is 1.52 bits per heavy atom. The van der Waals surface area contributed by atoms with Gasteiger partial charge in [-0.2, -0.15) is 0 Å². The van der Waals surface area contributed by atoms with E-state index in [1.54, 1.807) is 14.0 Å². The minimum absolute atomic E-state index is 0.141. The molecule has 23 heavy (non-hydrogen) atoms. The Bertz CT molecular complexity index is 638. The number of carbonyl (C=O) groups excluding carboxylic acids is 2. The van der Waals surface area contributed by atoms with Gasteiger partial charge >= 0.3 is 5.97 Å². The first kappa shape index (κ1) is 17.4. The summed E-state index contributed by atoms with van der Waals surface area (Å²) in [6, 6.07) is 9.41. The molecule has 1 saturated heterocycles. The van der Waals surface area contributed by atoms with Gasteiger partial charge < -0.3 is 15.0 Å². The van der Waals surface area contributed by atoms with E-state index in [4.69, 9.17) is 4.74 Å². The minimum Gasteiger partial charge on any atom is -0.432 e. The first-order chi connectivity index (χ1) is 10.9. The number of allylic oxidation sites excluding steroid dienone is 1. The van der Waals surface area contributed by atoms with Crippen molar-refractivity contribution in [3.63, 3.8) is 0 Å². The molecule has 0 radical (unpaired) electrons. The van der Waals surface area contributed by atoms with E-state index in [0.717, 1.165) is 17.6 Å². The lowest BCUT2D eigenvalue weighted by molar-refractivity contribution is -0.154.